The maximum absolute atomic E-state index is 13.1. The number of likely N-dealkylation sites (N-methyl/N-ethyl adjacent to an activating group) is 1. The molecular weight excluding hydrogens is 382 g/mol. The Balaban J connectivity index is 1.67. The lowest BCUT2D eigenvalue weighted by Crippen LogP contribution is -2.45. The number of para-hydroxylation sites is 3. The molecule has 0 radical (unpaired) electrons. The lowest BCUT2D eigenvalue weighted by molar-refractivity contribution is -0.121. The SMILES string of the molecule is C[C@H]1CC(=O)Nc2ccccc2N1C(=O)CN(C)CC(=O)Nc1ccccc1C#N. The summed E-state index contributed by atoms with van der Waals surface area (Å²) in [4.78, 5) is 40.7. The van der Waals surface area contributed by atoms with Crippen molar-refractivity contribution in [3.05, 3.63) is 54.1 Å². The largest absolute Gasteiger partial charge is 0.324 e. The number of nitriles is 1. The summed E-state index contributed by atoms with van der Waals surface area (Å²) < 4.78 is 0. The van der Waals surface area contributed by atoms with E-state index in [2.05, 4.69) is 10.6 Å². The average molecular weight is 405 g/mol. The third-order valence-electron chi connectivity index (χ3n) is 4.77. The van der Waals surface area contributed by atoms with Gasteiger partial charge in [0, 0.05) is 12.5 Å². The van der Waals surface area contributed by atoms with Crippen LogP contribution in [0.2, 0.25) is 0 Å². The zero-order chi connectivity index (χ0) is 21.7. The van der Waals surface area contributed by atoms with Gasteiger partial charge in [-0.2, -0.15) is 5.26 Å². The highest BCUT2D eigenvalue weighted by Gasteiger charge is 2.30. The number of benzene rings is 2. The quantitative estimate of drug-likeness (QED) is 0.793. The third kappa shape index (κ3) is 4.82. The maximum atomic E-state index is 13.1. The molecule has 0 fully saturated rings. The molecule has 1 atom stereocenters. The minimum absolute atomic E-state index is 0.000180. The molecule has 0 bridgehead atoms. The minimum Gasteiger partial charge on any atom is -0.324 e. The zero-order valence-corrected chi connectivity index (χ0v) is 16.9. The molecule has 0 saturated carbocycles. The first-order chi connectivity index (χ1) is 14.4. The van der Waals surface area contributed by atoms with Crippen LogP contribution >= 0.6 is 0 Å². The van der Waals surface area contributed by atoms with Crippen LogP contribution in [0.4, 0.5) is 17.1 Å². The van der Waals surface area contributed by atoms with Crippen LogP contribution in [-0.4, -0.2) is 48.8 Å². The molecule has 1 heterocycles. The minimum atomic E-state index is -0.325. The molecule has 30 heavy (non-hydrogen) atoms. The van der Waals surface area contributed by atoms with E-state index in [1.165, 1.54) is 0 Å². The van der Waals surface area contributed by atoms with Gasteiger partial charge in [0.1, 0.15) is 6.07 Å². The molecular formula is C22H23N5O3. The Labute approximate surface area is 175 Å². The molecule has 3 amide bonds. The molecule has 2 N–H and O–H groups in total. The van der Waals surface area contributed by atoms with Gasteiger partial charge in [0.05, 0.1) is 35.7 Å². The first-order valence-electron chi connectivity index (χ1n) is 9.57. The normalized spacial score (nSPS) is 15.6. The van der Waals surface area contributed by atoms with Gasteiger partial charge in [0.25, 0.3) is 0 Å². The Kier molecular flexibility index (Phi) is 6.45. The van der Waals surface area contributed by atoms with Crippen LogP contribution in [0.3, 0.4) is 0 Å². The highest BCUT2D eigenvalue weighted by Crippen LogP contribution is 2.31. The third-order valence-corrected chi connectivity index (χ3v) is 4.77. The Bertz CT molecular complexity index is 1010. The molecule has 0 aliphatic carbocycles. The fraction of sp³-hybridized carbons (Fsp3) is 0.273. The molecule has 2 aromatic rings. The Morgan fingerprint density at radius 3 is 2.67 bits per heavy atom. The van der Waals surface area contributed by atoms with Crippen molar-refractivity contribution in [2.45, 2.75) is 19.4 Å². The smallest absolute Gasteiger partial charge is 0.241 e. The van der Waals surface area contributed by atoms with Crippen LogP contribution in [0, 0.1) is 11.3 Å². The van der Waals surface area contributed by atoms with Gasteiger partial charge in [-0.3, -0.25) is 19.3 Å². The summed E-state index contributed by atoms with van der Waals surface area (Å²) in [7, 11) is 1.67. The van der Waals surface area contributed by atoms with E-state index in [4.69, 9.17) is 5.26 Å². The van der Waals surface area contributed by atoms with Crippen molar-refractivity contribution in [2.75, 3.05) is 35.7 Å². The summed E-state index contributed by atoms with van der Waals surface area (Å²) >= 11 is 0. The zero-order valence-electron chi connectivity index (χ0n) is 16.9. The van der Waals surface area contributed by atoms with Crippen LogP contribution in [0.1, 0.15) is 18.9 Å². The molecule has 1 aliphatic heterocycles. The first-order valence-corrected chi connectivity index (χ1v) is 9.57. The number of anilines is 3. The van der Waals surface area contributed by atoms with Gasteiger partial charge >= 0.3 is 0 Å². The summed E-state index contributed by atoms with van der Waals surface area (Å²) in [6, 6.07) is 15.6. The van der Waals surface area contributed by atoms with Crippen LogP contribution < -0.4 is 15.5 Å². The second-order valence-electron chi connectivity index (χ2n) is 7.26. The second-order valence-corrected chi connectivity index (χ2v) is 7.26. The number of carbonyl (C=O) groups excluding carboxylic acids is 3. The number of rotatable bonds is 5. The number of hydrogen-bond donors (Lipinski definition) is 2. The number of nitrogens with zero attached hydrogens (tertiary/aromatic N) is 3. The molecule has 0 aromatic heterocycles. The average Bonchev–Trinajstić information content (AvgIpc) is 2.82. The number of amides is 3. The number of carbonyl (C=O) groups is 3. The van der Waals surface area contributed by atoms with Crippen molar-refractivity contribution < 1.29 is 14.4 Å². The highest BCUT2D eigenvalue weighted by molar-refractivity contribution is 6.05. The summed E-state index contributed by atoms with van der Waals surface area (Å²) in [6.07, 6.45) is 0.190. The van der Waals surface area contributed by atoms with Crippen LogP contribution in [-0.2, 0) is 14.4 Å². The standard InChI is InChI=1S/C22H23N5O3/c1-15-11-20(28)25-18-9-5-6-10-19(18)27(15)22(30)14-26(2)13-21(29)24-17-8-4-3-7-16(17)12-23/h3-10,15H,11,13-14H2,1-2H3,(H,24,29)(H,25,28)/t15-/m0/s1. The van der Waals surface area contributed by atoms with Crippen molar-refractivity contribution in [3.8, 4) is 6.07 Å². The maximum Gasteiger partial charge on any atom is 0.241 e. The molecule has 154 valence electrons. The molecule has 1 aliphatic rings. The predicted octanol–water partition coefficient (Wildman–Crippen LogP) is 2.19. The summed E-state index contributed by atoms with van der Waals surface area (Å²) in [6.45, 7) is 1.80. The van der Waals surface area contributed by atoms with E-state index in [-0.39, 0.29) is 43.3 Å². The lowest BCUT2D eigenvalue weighted by Gasteiger charge is -2.29. The lowest BCUT2D eigenvalue weighted by atomic mass is 10.1. The Hall–Kier alpha value is -3.70. The van der Waals surface area contributed by atoms with Crippen molar-refractivity contribution in [3.63, 3.8) is 0 Å². The summed E-state index contributed by atoms with van der Waals surface area (Å²) in [5.74, 6) is -0.678. The van der Waals surface area contributed by atoms with E-state index in [9.17, 15) is 14.4 Å². The van der Waals surface area contributed by atoms with Crippen LogP contribution in [0.15, 0.2) is 48.5 Å². The van der Waals surface area contributed by atoms with E-state index in [0.29, 0.717) is 22.6 Å². The first kappa shape index (κ1) is 21.0. The Morgan fingerprint density at radius 2 is 1.90 bits per heavy atom. The molecule has 2 aromatic carbocycles. The van der Waals surface area contributed by atoms with Gasteiger partial charge < -0.3 is 15.5 Å². The summed E-state index contributed by atoms with van der Waals surface area (Å²) in [5, 5.41) is 14.7. The van der Waals surface area contributed by atoms with Crippen molar-refractivity contribution in [1.82, 2.24) is 4.90 Å². The van der Waals surface area contributed by atoms with Gasteiger partial charge in [0.15, 0.2) is 0 Å². The van der Waals surface area contributed by atoms with Gasteiger partial charge in [0.2, 0.25) is 17.7 Å². The van der Waals surface area contributed by atoms with E-state index in [1.807, 2.05) is 19.1 Å². The van der Waals surface area contributed by atoms with Crippen LogP contribution in [0.5, 0.6) is 0 Å². The Morgan fingerprint density at radius 1 is 1.20 bits per heavy atom. The van der Waals surface area contributed by atoms with E-state index in [0.717, 1.165) is 0 Å². The molecule has 0 unspecified atom stereocenters. The number of nitrogens with one attached hydrogen (secondary N) is 2. The molecule has 3 rings (SSSR count). The highest BCUT2D eigenvalue weighted by atomic mass is 16.2. The van der Waals surface area contributed by atoms with Gasteiger partial charge in [-0.25, -0.2) is 0 Å². The van der Waals surface area contributed by atoms with Crippen molar-refractivity contribution in [2.24, 2.45) is 0 Å². The molecule has 0 saturated heterocycles. The van der Waals surface area contributed by atoms with E-state index in [1.54, 1.807) is 59.3 Å². The van der Waals surface area contributed by atoms with Crippen molar-refractivity contribution in [1.29, 1.82) is 5.26 Å². The predicted molar refractivity (Wildman–Crippen MR) is 114 cm³/mol. The van der Waals surface area contributed by atoms with Gasteiger partial charge in [-0.15, -0.1) is 0 Å². The van der Waals surface area contributed by atoms with E-state index >= 15 is 0 Å². The van der Waals surface area contributed by atoms with E-state index < -0.39 is 0 Å². The number of hydrogen-bond acceptors (Lipinski definition) is 5. The fourth-order valence-electron chi connectivity index (χ4n) is 3.46. The van der Waals surface area contributed by atoms with Gasteiger partial charge in [-0.05, 0) is 38.2 Å². The van der Waals surface area contributed by atoms with Crippen molar-refractivity contribution >= 4 is 34.8 Å². The summed E-state index contributed by atoms with van der Waals surface area (Å²) in [5.41, 5.74) is 2.04. The monoisotopic (exact) mass is 405 g/mol. The molecule has 8 heteroatoms. The second kappa shape index (κ2) is 9.20. The van der Waals surface area contributed by atoms with Crippen LogP contribution in [0.25, 0.3) is 0 Å². The fourth-order valence-corrected chi connectivity index (χ4v) is 3.46. The molecule has 0 spiro atoms. The van der Waals surface area contributed by atoms with Gasteiger partial charge in [-0.1, -0.05) is 24.3 Å². The topological polar surface area (TPSA) is 106 Å². The molecule has 8 nitrogen and oxygen atoms in total. The number of fused-ring (bicyclic) bond motifs is 1.